The van der Waals surface area contributed by atoms with E-state index in [4.69, 9.17) is 0 Å². The summed E-state index contributed by atoms with van der Waals surface area (Å²) in [6.45, 7) is 4.80. The minimum atomic E-state index is -0.151. The Balaban J connectivity index is 1.64. The third-order valence-electron chi connectivity index (χ3n) is 4.02. The average Bonchev–Trinajstić information content (AvgIpc) is 3.03. The van der Waals surface area contributed by atoms with Gasteiger partial charge < -0.3 is 10.2 Å². The van der Waals surface area contributed by atoms with E-state index in [-0.39, 0.29) is 5.82 Å². The van der Waals surface area contributed by atoms with Crippen LogP contribution in [0.1, 0.15) is 24.0 Å². The topological polar surface area (TPSA) is 15.3 Å². The molecule has 3 rings (SSSR count). The van der Waals surface area contributed by atoms with Crippen LogP contribution >= 0.6 is 0 Å². The number of halogens is 1. The van der Waals surface area contributed by atoms with Crippen LogP contribution in [0.5, 0.6) is 0 Å². The molecule has 1 aliphatic heterocycles. The first-order chi connectivity index (χ1) is 10.2. The van der Waals surface area contributed by atoms with Crippen LogP contribution in [-0.4, -0.2) is 13.1 Å². The van der Waals surface area contributed by atoms with Crippen LogP contribution in [-0.2, 0) is 6.54 Å². The second-order valence-electron chi connectivity index (χ2n) is 5.69. The van der Waals surface area contributed by atoms with Crippen molar-refractivity contribution in [1.29, 1.82) is 0 Å². The van der Waals surface area contributed by atoms with Crippen molar-refractivity contribution in [2.75, 3.05) is 23.3 Å². The predicted octanol–water partition coefficient (Wildman–Crippen LogP) is 4.35. The van der Waals surface area contributed by atoms with Crippen molar-refractivity contribution < 1.29 is 4.39 Å². The highest BCUT2D eigenvalue weighted by atomic mass is 19.1. The maximum atomic E-state index is 13.7. The van der Waals surface area contributed by atoms with E-state index < -0.39 is 0 Å². The molecule has 1 aliphatic rings. The normalized spacial score (nSPS) is 14.5. The van der Waals surface area contributed by atoms with E-state index in [9.17, 15) is 4.39 Å². The second kappa shape index (κ2) is 6.17. The quantitative estimate of drug-likeness (QED) is 0.898. The van der Waals surface area contributed by atoms with E-state index in [0.717, 1.165) is 24.3 Å². The lowest BCUT2D eigenvalue weighted by Gasteiger charge is -2.18. The summed E-state index contributed by atoms with van der Waals surface area (Å²) < 4.78 is 13.7. The van der Waals surface area contributed by atoms with Gasteiger partial charge in [0.2, 0.25) is 0 Å². The van der Waals surface area contributed by atoms with Crippen LogP contribution in [0.3, 0.4) is 0 Å². The van der Waals surface area contributed by atoms with Crippen molar-refractivity contribution >= 4 is 11.4 Å². The van der Waals surface area contributed by atoms with Crippen LogP contribution in [0, 0.1) is 12.7 Å². The Hall–Kier alpha value is -2.03. The monoisotopic (exact) mass is 284 g/mol. The molecule has 0 amide bonds. The molecule has 1 saturated heterocycles. The fourth-order valence-electron chi connectivity index (χ4n) is 2.80. The Morgan fingerprint density at radius 3 is 2.48 bits per heavy atom. The van der Waals surface area contributed by atoms with Crippen LogP contribution in [0.25, 0.3) is 0 Å². The van der Waals surface area contributed by atoms with Gasteiger partial charge in [0.05, 0.1) is 0 Å². The molecule has 1 N–H and O–H groups in total. The molecule has 2 nitrogen and oxygen atoms in total. The zero-order valence-electron chi connectivity index (χ0n) is 12.4. The van der Waals surface area contributed by atoms with Crippen molar-refractivity contribution in [1.82, 2.24) is 0 Å². The van der Waals surface area contributed by atoms with E-state index in [2.05, 4.69) is 34.5 Å². The largest absolute Gasteiger partial charge is 0.381 e. The summed E-state index contributed by atoms with van der Waals surface area (Å²) in [4.78, 5) is 2.41. The first-order valence-corrected chi connectivity index (χ1v) is 7.56. The molecule has 0 spiro atoms. The van der Waals surface area contributed by atoms with Gasteiger partial charge in [-0.3, -0.25) is 0 Å². The SMILES string of the molecule is Cc1ccc(F)c(CNc2ccc(N3CCCC3)cc2)c1. The van der Waals surface area contributed by atoms with Crippen LogP contribution in [0.15, 0.2) is 42.5 Å². The summed E-state index contributed by atoms with van der Waals surface area (Å²) >= 11 is 0. The zero-order chi connectivity index (χ0) is 14.7. The molecule has 0 radical (unpaired) electrons. The van der Waals surface area contributed by atoms with Gasteiger partial charge in [-0.2, -0.15) is 0 Å². The minimum absolute atomic E-state index is 0.151. The molecule has 110 valence electrons. The highest BCUT2D eigenvalue weighted by Crippen LogP contribution is 2.22. The third kappa shape index (κ3) is 3.35. The molecule has 0 bridgehead atoms. The summed E-state index contributed by atoms with van der Waals surface area (Å²) in [6, 6.07) is 13.6. The molecule has 0 saturated carbocycles. The standard InChI is InChI=1S/C18H21FN2/c1-14-4-9-18(19)15(12-14)13-20-16-5-7-17(8-6-16)21-10-2-3-11-21/h4-9,12,20H,2-3,10-11,13H2,1H3. The lowest BCUT2D eigenvalue weighted by molar-refractivity contribution is 0.612. The van der Waals surface area contributed by atoms with E-state index >= 15 is 0 Å². The van der Waals surface area contributed by atoms with Gasteiger partial charge in [0.25, 0.3) is 0 Å². The number of hydrogen-bond donors (Lipinski definition) is 1. The molecule has 0 aliphatic carbocycles. The average molecular weight is 284 g/mol. The van der Waals surface area contributed by atoms with Crippen LogP contribution in [0.4, 0.5) is 15.8 Å². The Bertz CT molecular complexity index is 601. The first-order valence-electron chi connectivity index (χ1n) is 7.56. The fraction of sp³-hybridized carbons (Fsp3) is 0.333. The van der Waals surface area contributed by atoms with Crippen molar-refractivity contribution in [2.45, 2.75) is 26.3 Å². The summed E-state index contributed by atoms with van der Waals surface area (Å²) in [5.41, 5.74) is 4.09. The number of nitrogens with zero attached hydrogens (tertiary/aromatic N) is 1. The van der Waals surface area contributed by atoms with Gasteiger partial charge in [0.1, 0.15) is 5.82 Å². The molecular weight excluding hydrogens is 263 g/mol. The second-order valence-corrected chi connectivity index (χ2v) is 5.69. The van der Waals surface area contributed by atoms with Gasteiger partial charge in [-0.1, -0.05) is 17.7 Å². The lowest BCUT2D eigenvalue weighted by atomic mass is 10.1. The number of anilines is 2. The van der Waals surface area contributed by atoms with Gasteiger partial charge in [-0.15, -0.1) is 0 Å². The highest BCUT2D eigenvalue weighted by Gasteiger charge is 2.11. The van der Waals surface area contributed by atoms with Gasteiger partial charge >= 0.3 is 0 Å². The summed E-state index contributed by atoms with van der Waals surface area (Å²) in [7, 11) is 0. The number of nitrogens with one attached hydrogen (secondary N) is 1. The molecule has 21 heavy (non-hydrogen) atoms. The molecule has 0 aromatic heterocycles. The molecular formula is C18H21FN2. The van der Waals surface area contributed by atoms with Gasteiger partial charge in [0, 0.05) is 36.6 Å². The predicted molar refractivity (Wildman–Crippen MR) is 86.4 cm³/mol. The Morgan fingerprint density at radius 1 is 1.05 bits per heavy atom. The van der Waals surface area contributed by atoms with E-state index in [1.165, 1.54) is 24.6 Å². The number of rotatable bonds is 4. The summed E-state index contributed by atoms with van der Waals surface area (Å²) in [5.74, 6) is -0.151. The Morgan fingerprint density at radius 2 is 1.76 bits per heavy atom. The molecule has 0 unspecified atom stereocenters. The minimum Gasteiger partial charge on any atom is -0.381 e. The van der Waals surface area contributed by atoms with Crippen LogP contribution < -0.4 is 10.2 Å². The van der Waals surface area contributed by atoms with E-state index in [1.807, 2.05) is 13.0 Å². The molecule has 0 atom stereocenters. The first kappa shape index (κ1) is 13.9. The third-order valence-corrected chi connectivity index (χ3v) is 4.02. The van der Waals surface area contributed by atoms with Crippen LogP contribution in [0.2, 0.25) is 0 Å². The summed E-state index contributed by atoms with van der Waals surface area (Å²) in [6.07, 6.45) is 2.57. The molecule has 2 aromatic carbocycles. The highest BCUT2D eigenvalue weighted by molar-refractivity contribution is 5.55. The molecule has 2 aromatic rings. The van der Waals surface area contributed by atoms with Crippen molar-refractivity contribution in [3.8, 4) is 0 Å². The van der Waals surface area contributed by atoms with Crippen molar-refractivity contribution in [3.63, 3.8) is 0 Å². The maximum Gasteiger partial charge on any atom is 0.128 e. The number of hydrogen-bond acceptors (Lipinski definition) is 2. The Labute approximate surface area is 125 Å². The zero-order valence-corrected chi connectivity index (χ0v) is 12.4. The van der Waals surface area contributed by atoms with Gasteiger partial charge in [0.15, 0.2) is 0 Å². The Kier molecular flexibility index (Phi) is 4.09. The number of aryl methyl sites for hydroxylation is 1. The summed E-state index contributed by atoms with van der Waals surface area (Å²) in [5, 5.41) is 3.29. The molecule has 1 heterocycles. The van der Waals surface area contributed by atoms with Gasteiger partial charge in [-0.25, -0.2) is 4.39 Å². The van der Waals surface area contributed by atoms with Crippen molar-refractivity contribution in [2.24, 2.45) is 0 Å². The van der Waals surface area contributed by atoms with E-state index in [0.29, 0.717) is 12.1 Å². The maximum absolute atomic E-state index is 13.7. The smallest absolute Gasteiger partial charge is 0.128 e. The lowest BCUT2D eigenvalue weighted by Crippen LogP contribution is -2.17. The molecule has 3 heteroatoms. The van der Waals surface area contributed by atoms with E-state index in [1.54, 1.807) is 6.07 Å². The fourth-order valence-corrected chi connectivity index (χ4v) is 2.80. The van der Waals surface area contributed by atoms with Crippen molar-refractivity contribution in [3.05, 3.63) is 59.4 Å². The molecule has 1 fully saturated rings. The number of benzene rings is 2. The van der Waals surface area contributed by atoms with Gasteiger partial charge in [-0.05, 0) is 50.1 Å².